The van der Waals surface area contributed by atoms with Gasteiger partial charge >= 0.3 is 0 Å². The van der Waals surface area contributed by atoms with Gasteiger partial charge in [-0.25, -0.2) is 0 Å². The number of hydrogen-bond acceptors (Lipinski definition) is 4. The minimum Gasteiger partial charge on any atom is -0.394 e. The van der Waals surface area contributed by atoms with E-state index in [9.17, 15) is 5.11 Å². The minimum atomic E-state index is -1.08. The first-order valence-corrected chi connectivity index (χ1v) is 4.55. The molecule has 1 rings (SSSR count). The van der Waals surface area contributed by atoms with Crippen molar-refractivity contribution in [3.05, 3.63) is 21.9 Å². The average Bonchev–Trinajstić information content (AvgIpc) is 2.49. The van der Waals surface area contributed by atoms with E-state index in [0.717, 1.165) is 4.88 Å². The Morgan fingerprint density at radius 1 is 1.50 bits per heavy atom. The van der Waals surface area contributed by atoms with Crippen LogP contribution >= 0.6 is 11.3 Å². The largest absolute Gasteiger partial charge is 0.394 e. The van der Waals surface area contributed by atoms with Gasteiger partial charge in [0, 0.05) is 4.88 Å². The second kappa shape index (κ2) is 4.00. The third-order valence-corrected chi connectivity index (χ3v) is 2.52. The van der Waals surface area contributed by atoms with Crippen LogP contribution in [0, 0.1) is 6.92 Å². The summed E-state index contributed by atoms with van der Waals surface area (Å²) in [7, 11) is 0. The molecule has 0 aliphatic carbocycles. The highest BCUT2D eigenvalue weighted by Gasteiger charge is 2.17. The molecule has 0 aromatic carbocycles. The van der Waals surface area contributed by atoms with Gasteiger partial charge in [-0.3, -0.25) is 0 Å². The van der Waals surface area contributed by atoms with Crippen molar-refractivity contribution in [2.45, 2.75) is 19.1 Å². The predicted molar refractivity (Wildman–Crippen MR) is 47.1 cm³/mol. The standard InChI is InChI=1S/C8H12O3S/c1-5-2-6(4-12-5)8(11)7(10)3-9/h2,4,7-11H,3H2,1H3. The molecule has 0 fully saturated rings. The Hall–Kier alpha value is -0.420. The number of aryl methyl sites for hydroxylation is 1. The third kappa shape index (κ3) is 2.04. The molecule has 0 radical (unpaired) electrons. The summed E-state index contributed by atoms with van der Waals surface area (Å²) in [5.41, 5.74) is 0.666. The second-order valence-corrected chi connectivity index (χ2v) is 3.80. The summed E-state index contributed by atoms with van der Waals surface area (Å²) >= 11 is 1.51. The molecule has 1 heterocycles. The van der Waals surface area contributed by atoms with Gasteiger partial charge in [0.15, 0.2) is 0 Å². The molecule has 0 aliphatic rings. The zero-order valence-corrected chi connectivity index (χ0v) is 7.58. The second-order valence-electron chi connectivity index (χ2n) is 2.69. The molecule has 3 N–H and O–H groups in total. The molecule has 0 saturated carbocycles. The highest BCUT2D eigenvalue weighted by atomic mass is 32.1. The van der Waals surface area contributed by atoms with Crippen LogP contribution in [-0.2, 0) is 0 Å². The summed E-state index contributed by atoms with van der Waals surface area (Å²) in [6.07, 6.45) is -2.06. The van der Waals surface area contributed by atoms with Crippen molar-refractivity contribution in [2.75, 3.05) is 6.61 Å². The predicted octanol–water partition coefficient (Wildman–Crippen LogP) is 0.443. The van der Waals surface area contributed by atoms with Gasteiger partial charge in [0.05, 0.1) is 6.61 Å². The Labute approximate surface area is 74.9 Å². The van der Waals surface area contributed by atoms with E-state index >= 15 is 0 Å². The Balaban J connectivity index is 2.70. The van der Waals surface area contributed by atoms with E-state index in [-0.39, 0.29) is 0 Å². The van der Waals surface area contributed by atoms with E-state index in [1.165, 1.54) is 11.3 Å². The van der Waals surface area contributed by atoms with Crippen molar-refractivity contribution in [2.24, 2.45) is 0 Å². The number of thiophene rings is 1. The van der Waals surface area contributed by atoms with Crippen molar-refractivity contribution in [3.8, 4) is 0 Å². The van der Waals surface area contributed by atoms with Crippen molar-refractivity contribution in [1.29, 1.82) is 0 Å². The van der Waals surface area contributed by atoms with Crippen LogP contribution in [0.15, 0.2) is 11.4 Å². The first-order valence-electron chi connectivity index (χ1n) is 3.67. The van der Waals surface area contributed by atoms with Gasteiger partial charge in [0.2, 0.25) is 0 Å². The summed E-state index contributed by atoms with van der Waals surface area (Å²) in [5.74, 6) is 0. The van der Waals surface area contributed by atoms with Gasteiger partial charge in [-0.15, -0.1) is 11.3 Å². The number of aliphatic hydroxyl groups is 3. The van der Waals surface area contributed by atoms with Crippen molar-refractivity contribution in [3.63, 3.8) is 0 Å². The van der Waals surface area contributed by atoms with Gasteiger partial charge in [0.1, 0.15) is 12.2 Å². The first kappa shape index (κ1) is 9.67. The maximum absolute atomic E-state index is 9.40. The minimum absolute atomic E-state index is 0.421. The molecule has 0 spiro atoms. The molecule has 2 unspecified atom stereocenters. The molecule has 0 saturated heterocycles. The molecule has 1 aromatic heterocycles. The summed E-state index contributed by atoms with van der Waals surface area (Å²) in [5, 5.41) is 28.8. The zero-order chi connectivity index (χ0) is 9.14. The molecule has 2 atom stereocenters. The fourth-order valence-electron chi connectivity index (χ4n) is 0.941. The lowest BCUT2D eigenvalue weighted by molar-refractivity contribution is -0.0150. The van der Waals surface area contributed by atoms with Crippen molar-refractivity contribution < 1.29 is 15.3 Å². The zero-order valence-electron chi connectivity index (χ0n) is 6.77. The van der Waals surface area contributed by atoms with Crippen LogP contribution < -0.4 is 0 Å². The van der Waals surface area contributed by atoms with E-state index in [0.29, 0.717) is 5.56 Å². The normalized spacial score (nSPS) is 16.0. The quantitative estimate of drug-likeness (QED) is 0.645. The summed E-state index contributed by atoms with van der Waals surface area (Å²) in [6.45, 7) is 1.50. The van der Waals surface area contributed by atoms with Crippen LogP contribution in [0.5, 0.6) is 0 Å². The van der Waals surface area contributed by atoms with Gasteiger partial charge in [-0.05, 0) is 23.9 Å². The lowest BCUT2D eigenvalue weighted by atomic mass is 10.1. The third-order valence-electron chi connectivity index (χ3n) is 1.64. The molecule has 0 amide bonds. The van der Waals surface area contributed by atoms with Gasteiger partial charge < -0.3 is 15.3 Å². The molecule has 12 heavy (non-hydrogen) atoms. The van der Waals surface area contributed by atoms with Crippen molar-refractivity contribution in [1.82, 2.24) is 0 Å². The van der Waals surface area contributed by atoms with E-state index in [2.05, 4.69) is 0 Å². The molecule has 0 aliphatic heterocycles. The van der Waals surface area contributed by atoms with E-state index in [1.807, 2.05) is 6.92 Å². The summed E-state index contributed by atoms with van der Waals surface area (Å²) in [6, 6.07) is 1.80. The van der Waals surface area contributed by atoms with Crippen molar-refractivity contribution >= 4 is 11.3 Å². The fraction of sp³-hybridized carbons (Fsp3) is 0.500. The maximum Gasteiger partial charge on any atom is 0.108 e. The van der Waals surface area contributed by atoms with Gasteiger partial charge in [-0.1, -0.05) is 0 Å². The van der Waals surface area contributed by atoms with Crippen LogP contribution in [0.3, 0.4) is 0 Å². The Kier molecular flexibility index (Phi) is 3.22. The molecular formula is C8H12O3S. The van der Waals surface area contributed by atoms with E-state index in [4.69, 9.17) is 10.2 Å². The van der Waals surface area contributed by atoms with Crippen LogP contribution in [0.2, 0.25) is 0 Å². The molecule has 4 heteroatoms. The molecule has 68 valence electrons. The smallest absolute Gasteiger partial charge is 0.108 e. The molecular weight excluding hydrogens is 176 g/mol. The van der Waals surface area contributed by atoms with Crippen LogP contribution in [0.4, 0.5) is 0 Å². The molecule has 3 nitrogen and oxygen atoms in total. The Morgan fingerprint density at radius 3 is 2.58 bits per heavy atom. The monoisotopic (exact) mass is 188 g/mol. The van der Waals surface area contributed by atoms with Gasteiger partial charge in [0.25, 0.3) is 0 Å². The van der Waals surface area contributed by atoms with Crippen LogP contribution in [0.25, 0.3) is 0 Å². The highest BCUT2D eigenvalue weighted by molar-refractivity contribution is 7.10. The number of rotatable bonds is 3. The lowest BCUT2D eigenvalue weighted by Gasteiger charge is -2.13. The molecule has 1 aromatic rings. The average molecular weight is 188 g/mol. The maximum atomic E-state index is 9.40. The summed E-state index contributed by atoms with van der Waals surface area (Å²) < 4.78 is 0. The number of hydrogen-bond donors (Lipinski definition) is 3. The number of aliphatic hydroxyl groups excluding tert-OH is 3. The SMILES string of the molecule is Cc1cc(C(O)C(O)CO)cs1. The highest BCUT2D eigenvalue weighted by Crippen LogP contribution is 2.22. The Bertz CT molecular complexity index is 246. The lowest BCUT2D eigenvalue weighted by Crippen LogP contribution is -2.21. The fourth-order valence-corrected chi connectivity index (χ4v) is 1.67. The first-order chi connectivity index (χ1) is 5.65. The van der Waals surface area contributed by atoms with E-state index in [1.54, 1.807) is 11.4 Å². The Morgan fingerprint density at radius 2 is 2.17 bits per heavy atom. The van der Waals surface area contributed by atoms with Gasteiger partial charge in [-0.2, -0.15) is 0 Å². The molecule has 0 bridgehead atoms. The van der Waals surface area contributed by atoms with Crippen LogP contribution in [0.1, 0.15) is 16.5 Å². The summed E-state index contributed by atoms with van der Waals surface area (Å²) in [4.78, 5) is 1.08. The van der Waals surface area contributed by atoms with E-state index < -0.39 is 18.8 Å². The van der Waals surface area contributed by atoms with Crippen LogP contribution in [-0.4, -0.2) is 28.0 Å². The topological polar surface area (TPSA) is 60.7 Å².